The van der Waals surface area contributed by atoms with Crippen molar-refractivity contribution in [1.82, 2.24) is 9.97 Å². The number of H-pyrrole nitrogens is 1. The van der Waals surface area contributed by atoms with Gasteiger partial charge in [-0.25, -0.2) is 4.98 Å². The molecule has 5 heteroatoms. The Morgan fingerprint density at radius 2 is 2.13 bits per heavy atom. The third-order valence-corrected chi connectivity index (χ3v) is 3.44. The van der Waals surface area contributed by atoms with Crippen LogP contribution in [0, 0.1) is 18.3 Å². The first-order chi connectivity index (χ1) is 11.1. The number of aromatic nitrogens is 2. The lowest BCUT2D eigenvalue weighted by Gasteiger charge is -2.03. The molecule has 0 aliphatic carbocycles. The van der Waals surface area contributed by atoms with Gasteiger partial charge in [0, 0.05) is 11.6 Å². The highest BCUT2D eigenvalue weighted by Crippen LogP contribution is 2.16. The van der Waals surface area contributed by atoms with Gasteiger partial charge < -0.3 is 10.1 Å². The lowest BCUT2D eigenvalue weighted by atomic mass is 10.1. The van der Waals surface area contributed by atoms with Crippen molar-refractivity contribution in [2.45, 2.75) is 6.92 Å². The molecule has 2 N–H and O–H groups in total. The molecule has 1 aromatic heterocycles. The van der Waals surface area contributed by atoms with E-state index in [2.05, 4.69) is 9.97 Å². The molecule has 3 aromatic rings. The van der Waals surface area contributed by atoms with Gasteiger partial charge in [-0.1, -0.05) is 23.8 Å². The fourth-order valence-electron chi connectivity index (χ4n) is 2.28. The van der Waals surface area contributed by atoms with Crippen molar-refractivity contribution in [1.29, 1.82) is 5.26 Å². The van der Waals surface area contributed by atoms with Gasteiger partial charge in [0.2, 0.25) is 0 Å². The van der Waals surface area contributed by atoms with Crippen LogP contribution in [0.3, 0.4) is 0 Å². The number of nitriles is 1. The number of aliphatic hydroxyl groups excluding tert-OH is 1. The summed E-state index contributed by atoms with van der Waals surface area (Å²) in [6.45, 7) is 1.92. The Morgan fingerprint density at radius 1 is 1.30 bits per heavy atom. The van der Waals surface area contributed by atoms with E-state index in [1.54, 1.807) is 24.3 Å². The maximum Gasteiger partial charge on any atom is 0.274 e. The second-order valence-corrected chi connectivity index (χ2v) is 5.19. The normalized spacial score (nSPS) is 11.4. The molecule has 1 heterocycles. The van der Waals surface area contributed by atoms with Crippen LogP contribution >= 0.6 is 0 Å². The predicted molar refractivity (Wildman–Crippen MR) is 88.8 cm³/mol. The van der Waals surface area contributed by atoms with Gasteiger partial charge in [-0.05, 0) is 31.2 Å². The van der Waals surface area contributed by atoms with E-state index in [-0.39, 0.29) is 11.5 Å². The van der Waals surface area contributed by atoms with E-state index in [0.29, 0.717) is 22.2 Å². The quantitative estimate of drug-likeness (QED) is 0.712. The number of benzene rings is 2. The summed E-state index contributed by atoms with van der Waals surface area (Å²) < 4.78 is 0. The largest absolute Gasteiger partial charge is 0.507 e. The van der Waals surface area contributed by atoms with E-state index >= 15 is 0 Å². The van der Waals surface area contributed by atoms with Crippen LogP contribution in [0.15, 0.2) is 47.3 Å². The van der Waals surface area contributed by atoms with Crippen molar-refractivity contribution in [3.05, 3.63) is 75.2 Å². The molecule has 0 amide bonds. The Morgan fingerprint density at radius 3 is 2.87 bits per heavy atom. The Labute approximate surface area is 132 Å². The Balaban J connectivity index is 2.12. The molecule has 0 fully saturated rings. The standard InChI is InChI=1S/C18H13N3O2/c1-11-3-2-4-13(7-11)17(22)9-16-18(23)21-14-6-5-12(10-19)8-15(14)20-16/h2-9,22H,1H3,(H,21,23). The van der Waals surface area contributed by atoms with Gasteiger partial charge in [-0.3, -0.25) is 4.79 Å². The molecule has 2 aromatic carbocycles. The van der Waals surface area contributed by atoms with Crippen LogP contribution < -0.4 is 5.56 Å². The minimum absolute atomic E-state index is 0.0394. The van der Waals surface area contributed by atoms with Crippen LogP contribution in [0.5, 0.6) is 0 Å². The van der Waals surface area contributed by atoms with E-state index in [1.807, 2.05) is 31.2 Å². The lowest BCUT2D eigenvalue weighted by molar-refractivity contribution is 0.515. The molecule has 0 spiro atoms. The average Bonchev–Trinajstić information content (AvgIpc) is 2.55. The van der Waals surface area contributed by atoms with Crippen LogP contribution in [0.25, 0.3) is 22.9 Å². The SMILES string of the molecule is Cc1cccc(C(O)=Cc2nc3cc(C#N)ccc3[nH]c2=O)c1. The Hall–Kier alpha value is -3.39. The first-order valence-corrected chi connectivity index (χ1v) is 6.99. The van der Waals surface area contributed by atoms with Crippen molar-refractivity contribution in [3.8, 4) is 6.07 Å². The molecule has 0 bridgehead atoms. The van der Waals surface area contributed by atoms with Crippen molar-refractivity contribution in [3.63, 3.8) is 0 Å². The van der Waals surface area contributed by atoms with Gasteiger partial charge in [0.25, 0.3) is 5.56 Å². The summed E-state index contributed by atoms with van der Waals surface area (Å²) in [5.74, 6) is -0.0394. The number of aliphatic hydroxyl groups is 1. The van der Waals surface area contributed by atoms with E-state index in [1.165, 1.54) is 6.08 Å². The van der Waals surface area contributed by atoms with Crippen molar-refractivity contribution in [2.24, 2.45) is 0 Å². The summed E-state index contributed by atoms with van der Waals surface area (Å²) in [6.07, 6.45) is 1.33. The van der Waals surface area contributed by atoms with Crippen molar-refractivity contribution in [2.75, 3.05) is 0 Å². The maximum atomic E-state index is 12.1. The first kappa shape index (κ1) is 14.5. The molecule has 23 heavy (non-hydrogen) atoms. The minimum Gasteiger partial charge on any atom is -0.507 e. The van der Waals surface area contributed by atoms with Crippen molar-refractivity contribution < 1.29 is 5.11 Å². The molecule has 0 unspecified atom stereocenters. The van der Waals surface area contributed by atoms with E-state index < -0.39 is 5.56 Å². The second kappa shape index (κ2) is 5.78. The average molecular weight is 303 g/mol. The van der Waals surface area contributed by atoms with Crippen LogP contribution in [0.1, 0.15) is 22.4 Å². The third-order valence-electron chi connectivity index (χ3n) is 3.44. The molecule has 5 nitrogen and oxygen atoms in total. The summed E-state index contributed by atoms with van der Waals surface area (Å²) >= 11 is 0. The summed E-state index contributed by atoms with van der Waals surface area (Å²) in [6, 6.07) is 14.2. The predicted octanol–water partition coefficient (Wildman–Crippen LogP) is 3.16. The monoisotopic (exact) mass is 303 g/mol. The highest BCUT2D eigenvalue weighted by atomic mass is 16.3. The topological polar surface area (TPSA) is 89.8 Å². The van der Waals surface area contributed by atoms with Gasteiger partial charge in [-0.15, -0.1) is 0 Å². The molecule has 3 rings (SSSR count). The summed E-state index contributed by atoms with van der Waals surface area (Å²) in [5.41, 5.74) is 2.79. The van der Waals surface area contributed by atoms with Crippen molar-refractivity contribution >= 4 is 22.9 Å². The summed E-state index contributed by atoms with van der Waals surface area (Å²) in [7, 11) is 0. The zero-order valence-corrected chi connectivity index (χ0v) is 12.4. The third kappa shape index (κ3) is 2.97. The fraction of sp³-hybridized carbons (Fsp3) is 0.0556. The lowest BCUT2D eigenvalue weighted by Crippen LogP contribution is -2.12. The molecule has 0 radical (unpaired) electrons. The molecular formula is C18H13N3O2. The Bertz CT molecular complexity index is 1030. The molecule has 112 valence electrons. The highest BCUT2D eigenvalue weighted by Gasteiger charge is 2.06. The number of nitrogens with one attached hydrogen (secondary N) is 1. The van der Waals surface area contributed by atoms with Gasteiger partial charge >= 0.3 is 0 Å². The van der Waals surface area contributed by atoms with Gasteiger partial charge in [-0.2, -0.15) is 5.26 Å². The van der Waals surface area contributed by atoms with E-state index in [0.717, 1.165) is 5.56 Å². The van der Waals surface area contributed by atoms with Gasteiger partial charge in [0.05, 0.1) is 22.7 Å². The second-order valence-electron chi connectivity index (χ2n) is 5.19. The molecular weight excluding hydrogens is 290 g/mol. The maximum absolute atomic E-state index is 12.1. The number of nitrogens with zero attached hydrogens (tertiary/aromatic N) is 2. The molecule has 0 saturated heterocycles. The minimum atomic E-state index is -0.401. The molecule has 0 atom stereocenters. The Kier molecular flexibility index (Phi) is 3.65. The molecule has 0 saturated carbocycles. The van der Waals surface area contributed by atoms with Crippen LogP contribution in [0.2, 0.25) is 0 Å². The summed E-state index contributed by atoms with van der Waals surface area (Å²) in [5, 5.41) is 19.2. The van der Waals surface area contributed by atoms with E-state index in [9.17, 15) is 9.90 Å². The van der Waals surface area contributed by atoms with Gasteiger partial charge in [0.15, 0.2) is 0 Å². The number of hydrogen-bond donors (Lipinski definition) is 2. The number of rotatable bonds is 2. The zero-order chi connectivity index (χ0) is 16.4. The number of aromatic amines is 1. The highest BCUT2D eigenvalue weighted by molar-refractivity contribution is 5.80. The van der Waals surface area contributed by atoms with Crippen LogP contribution in [-0.4, -0.2) is 15.1 Å². The number of fused-ring (bicyclic) bond motifs is 1. The fourth-order valence-corrected chi connectivity index (χ4v) is 2.28. The summed E-state index contributed by atoms with van der Waals surface area (Å²) in [4.78, 5) is 19.0. The number of aryl methyl sites for hydroxylation is 1. The van der Waals surface area contributed by atoms with Crippen LogP contribution in [-0.2, 0) is 0 Å². The molecule has 0 aliphatic rings. The van der Waals surface area contributed by atoms with Crippen LogP contribution in [0.4, 0.5) is 0 Å². The zero-order valence-electron chi connectivity index (χ0n) is 12.4. The first-order valence-electron chi connectivity index (χ1n) is 6.99. The smallest absolute Gasteiger partial charge is 0.274 e. The van der Waals surface area contributed by atoms with Gasteiger partial charge in [0.1, 0.15) is 11.5 Å². The number of hydrogen-bond acceptors (Lipinski definition) is 4. The van der Waals surface area contributed by atoms with E-state index in [4.69, 9.17) is 5.26 Å². The molecule has 0 aliphatic heterocycles.